The number of hydrogen-bond acceptors (Lipinski definition) is 3. The predicted octanol–water partition coefficient (Wildman–Crippen LogP) is 1.07. The van der Waals surface area contributed by atoms with Crippen LogP contribution in [0.5, 0.6) is 5.75 Å². The Balaban J connectivity index is 2.31. The van der Waals surface area contributed by atoms with Crippen LogP contribution in [0.25, 0.3) is 0 Å². The van der Waals surface area contributed by atoms with E-state index in [1.165, 1.54) is 0 Å². The second-order valence-corrected chi connectivity index (χ2v) is 3.95. The second-order valence-electron chi connectivity index (χ2n) is 3.95. The molecule has 0 spiro atoms. The molecule has 4 heteroatoms. The number of anilines is 1. The van der Waals surface area contributed by atoms with Gasteiger partial charge in [-0.25, -0.2) is 0 Å². The first-order valence-corrected chi connectivity index (χ1v) is 5.46. The van der Waals surface area contributed by atoms with E-state index in [0.717, 1.165) is 23.4 Å². The van der Waals surface area contributed by atoms with Crippen LogP contribution in [0.1, 0.15) is 12.0 Å². The van der Waals surface area contributed by atoms with Crippen LogP contribution in [0.4, 0.5) is 5.69 Å². The van der Waals surface area contributed by atoms with E-state index in [0.29, 0.717) is 13.1 Å². The van der Waals surface area contributed by atoms with Gasteiger partial charge in [0.25, 0.3) is 5.91 Å². The zero-order valence-electron chi connectivity index (χ0n) is 9.40. The number of carbonyl (C=O) groups excluding carboxylic acids is 1. The molecule has 0 saturated heterocycles. The lowest BCUT2D eigenvalue weighted by atomic mass is 10.1. The molecule has 0 atom stereocenters. The number of carbonyl (C=O) groups is 1. The highest BCUT2D eigenvalue weighted by molar-refractivity contribution is 5.97. The quantitative estimate of drug-likeness (QED) is 0.829. The maximum Gasteiger partial charge on any atom is 0.265 e. The third-order valence-electron chi connectivity index (χ3n) is 2.64. The van der Waals surface area contributed by atoms with Gasteiger partial charge >= 0.3 is 0 Å². The Hall–Kier alpha value is -1.55. The fourth-order valence-corrected chi connectivity index (χ4v) is 1.81. The highest BCUT2D eigenvalue weighted by Crippen LogP contribution is 2.32. The first kappa shape index (κ1) is 11.0. The topological polar surface area (TPSA) is 55.6 Å². The van der Waals surface area contributed by atoms with E-state index in [1.807, 2.05) is 25.1 Å². The van der Waals surface area contributed by atoms with Crippen LogP contribution in [0.2, 0.25) is 0 Å². The van der Waals surface area contributed by atoms with E-state index < -0.39 is 0 Å². The molecule has 2 N–H and O–H groups in total. The molecule has 0 bridgehead atoms. The lowest BCUT2D eigenvalue weighted by Gasteiger charge is -2.29. The fourth-order valence-electron chi connectivity index (χ4n) is 1.81. The van der Waals surface area contributed by atoms with Crippen molar-refractivity contribution in [2.45, 2.75) is 13.3 Å². The van der Waals surface area contributed by atoms with Gasteiger partial charge in [-0.15, -0.1) is 0 Å². The smallest absolute Gasteiger partial charge is 0.265 e. The zero-order valence-corrected chi connectivity index (χ0v) is 9.40. The summed E-state index contributed by atoms with van der Waals surface area (Å²) in [7, 11) is 0. The molecule has 4 nitrogen and oxygen atoms in total. The summed E-state index contributed by atoms with van der Waals surface area (Å²) in [4.78, 5) is 13.5. The summed E-state index contributed by atoms with van der Waals surface area (Å²) < 4.78 is 5.38. The molecule has 1 amide bonds. The van der Waals surface area contributed by atoms with Crippen molar-refractivity contribution < 1.29 is 9.53 Å². The molecule has 0 fully saturated rings. The highest BCUT2D eigenvalue weighted by atomic mass is 16.5. The molecule has 1 aliphatic rings. The number of aryl methyl sites for hydroxylation is 1. The summed E-state index contributed by atoms with van der Waals surface area (Å²) in [6.45, 7) is 3.38. The van der Waals surface area contributed by atoms with Crippen LogP contribution in [-0.4, -0.2) is 25.6 Å². The van der Waals surface area contributed by atoms with Gasteiger partial charge in [-0.2, -0.15) is 0 Å². The second kappa shape index (κ2) is 4.53. The summed E-state index contributed by atoms with van der Waals surface area (Å²) >= 11 is 0. The van der Waals surface area contributed by atoms with Crippen molar-refractivity contribution in [3.63, 3.8) is 0 Å². The third-order valence-corrected chi connectivity index (χ3v) is 2.64. The Labute approximate surface area is 95.0 Å². The monoisotopic (exact) mass is 220 g/mol. The number of fused-ring (bicyclic) bond motifs is 1. The van der Waals surface area contributed by atoms with Gasteiger partial charge in [0, 0.05) is 6.54 Å². The van der Waals surface area contributed by atoms with Gasteiger partial charge in [0.05, 0.1) is 5.69 Å². The summed E-state index contributed by atoms with van der Waals surface area (Å²) in [5, 5.41) is 0. The van der Waals surface area contributed by atoms with Crippen molar-refractivity contribution in [1.82, 2.24) is 0 Å². The maximum absolute atomic E-state index is 11.7. The molecular formula is C12H16N2O2. The fraction of sp³-hybridized carbons (Fsp3) is 0.417. The van der Waals surface area contributed by atoms with E-state index >= 15 is 0 Å². The molecule has 0 saturated carbocycles. The van der Waals surface area contributed by atoms with Crippen LogP contribution in [-0.2, 0) is 4.79 Å². The Bertz CT molecular complexity index is 404. The van der Waals surface area contributed by atoms with Crippen molar-refractivity contribution in [2.75, 3.05) is 24.6 Å². The van der Waals surface area contributed by atoms with Crippen LogP contribution >= 0.6 is 0 Å². The van der Waals surface area contributed by atoms with E-state index in [2.05, 4.69) is 0 Å². The average Bonchev–Trinajstić information content (AvgIpc) is 2.28. The standard InChI is InChI=1S/C12H16N2O2/c1-9-3-4-11-10(7-9)14(6-2-5-13)12(15)8-16-11/h3-4,7H,2,5-6,8,13H2,1H3. The van der Waals surface area contributed by atoms with Crippen LogP contribution in [0, 0.1) is 6.92 Å². The Morgan fingerprint density at radius 3 is 3.06 bits per heavy atom. The highest BCUT2D eigenvalue weighted by Gasteiger charge is 2.24. The summed E-state index contributed by atoms with van der Waals surface area (Å²) in [5.41, 5.74) is 7.46. The van der Waals surface area contributed by atoms with Crippen molar-refractivity contribution in [1.29, 1.82) is 0 Å². The molecule has 2 rings (SSSR count). The van der Waals surface area contributed by atoms with Crippen molar-refractivity contribution in [3.8, 4) is 5.75 Å². The number of nitrogens with zero attached hydrogens (tertiary/aromatic N) is 1. The number of hydrogen-bond donors (Lipinski definition) is 1. The molecule has 16 heavy (non-hydrogen) atoms. The SMILES string of the molecule is Cc1ccc2c(c1)N(CCCN)C(=O)CO2. The van der Waals surface area contributed by atoms with Gasteiger partial charge in [-0.3, -0.25) is 4.79 Å². The number of benzene rings is 1. The normalized spacial score (nSPS) is 14.6. The minimum Gasteiger partial charge on any atom is -0.482 e. The zero-order chi connectivity index (χ0) is 11.5. The Morgan fingerprint density at radius 2 is 2.31 bits per heavy atom. The predicted molar refractivity (Wildman–Crippen MR) is 62.7 cm³/mol. The van der Waals surface area contributed by atoms with Crippen LogP contribution in [0.15, 0.2) is 18.2 Å². The molecule has 0 unspecified atom stereocenters. The third kappa shape index (κ3) is 2.02. The first-order valence-electron chi connectivity index (χ1n) is 5.46. The van der Waals surface area contributed by atoms with Crippen LogP contribution in [0.3, 0.4) is 0 Å². The molecule has 1 aromatic carbocycles. The molecule has 0 aliphatic carbocycles. The van der Waals surface area contributed by atoms with Gasteiger partial charge in [0.1, 0.15) is 5.75 Å². The molecule has 1 heterocycles. The van der Waals surface area contributed by atoms with Gasteiger partial charge in [-0.1, -0.05) is 6.07 Å². The van der Waals surface area contributed by atoms with Crippen LogP contribution < -0.4 is 15.4 Å². The number of rotatable bonds is 3. The van der Waals surface area contributed by atoms with E-state index in [9.17, 15) is 4.79 Å². The number of ether oxygens (including phenoxy) is 1. The molecule has 1 aliphatic heterocycles. The van der Waals surface area contributed by atoms with Gasteiger partial charge in [0.2, 0.25) is 0 Å². The van der Waals surface area contributed by atoms with Crippen molar-refractivity contribution in [3.05, 3.63) is 23.8 Å². The first-order chi connectivity index (χ1) is 7.72. The minimum atomic E-state index is 0.00606. The lowest BCUT2D eigenvalue weighted by Crippen LogP contribution is -2.40. The van der Waals surface area contributed by atoms with E-state index in [-0.39, 0.29) is 12.5 Å². The Morgan fingerprint density at radius 1 is 1.50 bits per heavy atom. The van der Waals surface area contributed by atoms with E-state index in [1.54, 1.807) is 4.90 Å². The lowest BCUT2D eigenvalue weighted by molar-refractivity contribution is -0.121. The molecule has 1 aromatic rings. The number of nitrogens with two attached hydrogens (primary N) is 1. The van der Waals surface area contributed by atoms with Crippen molar-refractivity contribution in [2.24, 2.45) is 5.73 Å². The number of amides is 1. The van der Waals surface area contributed by atoms with Crippen molar-refractivity contribution >= 4 is 11.6 Å². The maximum atomic E-state index is 11.7. The molecule has 0 aromatic heterocycles. The summed E-state index contributed by atoms with van der Waals surface area (Å²) in [6.07, 6.45) is 0.805. The minimum absolute atomic E-state index is 0.00606. The largest absolute Gasteiger partial charge is 0.482 e. The summed E-state index contributed by atoms with van der Waals surface area (Å²) in [6, 6.07) is 5.87. The average molecular weight is 220 g/mol. The molecular weight excluding hydrogens is 204 g/mol. The molecule has 86 valence electrons. The van der Waals surface area contributed by atoms with E-state index in [4.69, 9.17) is 10.5 Å². The van der Waals surface area contributed by atoms with Gasteiger partial charge in [-0.05, 0) is 37.6 Å². The summed E-state index contributed by atoms with van der Waals surface area (Å²) in [5.74, 6) is 0.786. The van der Waals surface area contributed by atoms with Gasteiger partial charge < -0.3 is 15.4 Å². The van der Waals surface area contributed by atoms with Gasteiger partial charge in [0.15, 0.2) is 6.61 Å². The molecule has 0 radical (unpaired) electrons. The Kier molecular flexibility index (Phi) is 3.10.